The second kappa shape index (κ2) is 4.90. The quantitative estimate of drug-likeness (QED) is 0.845. The molecule has 1 atom stereocenters. The van der Waals surface area contributed by atoms with Crippen molar-refractivity contribution in [3.63, 3.8) is 0 Å². The molecular weight excluding hydrogens is 256 g/mol. The molecule has 1 aromatic carbocycles. The third-order valence-corrected chi connectivity index (χ3v) is 3.95. The first kappa shape index (κ1) is 13.1. The molecule has 2 aliphatic heterocycles. The Labute approximate surface area is 117 Å². The fraction of sp³-hybridized carbons (Fsp3) is 0.467. The number of anilines is 1. The van der Waals surface area contributed by atoms with E-state index < -0.39 is 5.60 Å². The molecule has 2 amide bonds. The smallest absolute Gasteiger partial charge is 0.255 e. The van der Waals surface area contributed by atoms with Gasteiger partial charge in [-0.3, -0.25) is 9.59 Å². The van der Waals surface area contributed by atoms with Gasteiger partial charge in [-0.25, -0.2) is 0 Å². The third-order valence-electron chi connectivity index (χ3n) is 3.95. The van der Waals surface area contributed by atoms with Gasteiger partial charge in [0.15, 0.2) is 0 Å². The predicted octanol–water partition coefficient (Wildman–Crippen LogP) is 1.54. The van der Waals surface area contributed by atoms with Gasteiger partial charge >= 0.3 is 0 Å². The number of carbonyl (C=O) groups excluding carboxylic acids is 2. The lowest BCUT2D eigenvalue weighted by Crippen LogP contribution is -2.48. The molecule has 3 rings (SSSR count). The maximum Gasteiger partial charge on any atom is 0.255 e. The van der Waals surface area contributed by atoms with E-state index in [0.717, 1.165) is 17.7 Å². The molecule has 1 saturated heterocycles. The van der Waals surface area contributed by atoms with Gasteiger partial charge in [0.2, 0.25) is 5.91 Å². The Morgan fingerprint density at radius 1 is 1.35 bits per heavy atom. The number of fused-ring (bicyclic) bond motifs is 1. The molecule has 1 unspecified atom stereocenters. The van der Waals surface area contributed by atoms with Crippen molar-refractivity contribution in [2.75, 3.05) is 18.5 Å². The Morgan fingerprint density at radius 3 is 2.90 bits per heavy atom. The summed E-state index contributed by atoms with van der Waals surface area (Å²) in [6.45, 7) is 2.94. The maximum absolute atomic E-state index is 12.7. The van der Waals surface area contributed by atoms with E-state index >= 15 is 0 Å². The first-order chi connectivity index (χ1) is 9.58. The zero-order valence-corrected chi connectivity index (χ0v) is 11.5. The lowest BCUT2D eigenvalue weighted by atomic mass is 10.0. The van der Waals surface area contributed by atoms with Gasteiger partial charge in [-0.1, -0.05) is 18.2 Å². The van der Waals surface area contributed by atoms with Crippen molar-refractivity contribution in [1.29, 1.82) is 0 Å². The normalized spacial score (nSPS) is 25.9. The van der Waals surface area contributed by atoms with E-state index in [1.54, 1.807) is 4.90 Å². The number of carbonyl (C=O) groups is 2. The van der Waals surface area contributed by atoms with E-state index in [4.69, 9.17) is 4.74 Å². The van der Waals surface area contributed by atoms with Crippen LogP contribution in [0, 0.1) is 0 Å². The molecule has 106 valence electrons. The topological polar surface area (TPSA) is 58.6 Å². The molecule has 0 bridgehead atoms. The Morgan fingerprint density at radius 2 is 2.15 bits per heavy atom. The zero-order valence-electron chi connectivity index (χ0n) is 11.5. The second-order valence-corrected chi connectivity index (χ2v) is 5.55. The van der Waals surface area contributed by atoms with Gasteiger partial charge in [-0.15, -0.1) is 0 Å². The maximum atomic E-state index is 12.7. The molecule has 5 heteroatoms. The van der Waals surface area contributed by atoms with Crippen LogP contribution >= 0.6 is 0 Å². The van der Waals surface area contributed by atoms with Crippen LogP contribution in [-0.4, -0.2) is 35.5 Å². The summed E-state index contributed by atoms with van der Waals surface area (Å²) in [7, 11) is 0. The minimum absolute atomic E-state index is 0.0759. The number of ether oxygens (including phenoxy) is 1. The highest BCUT2D eigenvalue weighted by Gasteiger charge is 2.41. The Kier molecular flexibility index (Phi) is 3.22. The summed E-state index contributed by atoms with van der Waals surface area (Å²) in [4.78, 5) is 26.2. The van der Waals surface area contributed by atoms with E-state index in [2.05, 4.69) is 5.32 Å². The zero-order chi connectivity index (χ0) is 14.2. The number of hydrogen-bond acceptors (Lipinski definition) is 3. The Hall–Kier alpha value is -1.88. The fourth-order valence-corrected chi connectivity index (χ4v) is 2.83. The van der Waals surface area contributed by atoms with Crippen LogP contribution in [0.15, 0.2) is 24.3 Å². The van der Waals surface area contributed by atoms with Crippen molar-refractivity contribution in [3.05, 3.63) is 29.8 Å². The standard InChI is InChI=1S/C15H18N2O3/c1-15(7-4-8-20-15)14(19)17-9-11-5-2-3-6-12(11)16-13(18)10-17/h2-3,5-6H,4,7-10H2,1H3,(H,16,18). The average molecular weight is 274 g/mol. The summed E-state index contributed by atoms with van der Waals surface area (Å²) in [6, 6.07) is 7.57. The molecule has 2 heterocycles. The molecule has 20 heavy (non-hydrogen) atoms. The molecule has 0 spiro atoms. The molecule has 0 aromatic heterocycles. The number of rotatable bonds is 1. The van der Waals surface area contributed by atoms with Crippen molar-refractivity contribution in [2.24, 2.45) is 0 Å². The van der Waals surface area contributed by atoms with Crippen LogP contribution in [0.25, 0.3) is 0 Å². The molecule has 0 saturated carbocycles. The van der Waals surface area contributed by atoms with Crippen LogP contribution in [0.1, 0.15) is 25.3 Å². The number of amides is 2. The molecule has 1 N–H and O–H groups in total. The molecule has 0 radical (unpaired) electrons. The minimum atomic E-state index is -0.778. The second-order valence-electron chi connectivity index (χ2n) is 5.55. The van der Waals surface area contributed by atoms with Crippen LogP contribution in [0.2, 0.25) is 0 Å². The summed E-state index contributed by atoms with van der Waals surface area (Å²) in [5.74, 6) is -0.258. The van der Waals surface area contributed by atoms with E-state index in [9.17, 15) is 9.59 Å². The van der Waals surface area contributed by atoms with Gasteiger partial charge in [-0.2, -0.15) is 0 Å². The number of nitrogens with zero attached hydrogens (tertiary/aromatic N) is 1. The lowest BCUT2D eigenvalue weighted by Gasteiger charge is -2.29. The number of para-hydroxylation sites is 1. The van der Waals surface area contributed by atoms with Crippen molar-refractivity contribution in [3.8, 4) is 0 Å². The fourth-order valence-electron chi connectivity index (χ4n) is 2.83. The highest BCUT2D eigenvalue weighted by atomic mass is 16.5. The van der Waals surface area contributed by atoms with E-state index in [1.165, 1.54) is 0 Å². The molecule has 1 aromatic rings. The largest absolute Gasteiger partial charge is 0.365 e. The van der Waals surface area contributed by atoms with E-state index in [-0.39, 0.29) is 18.4 Å². The van der Waals surface area contributed by atoms with Gasteiger partial charge < -0.3 is 15.0 Å². The van der Waals surface area contributed by atoms with Crippen LogP contribution in [0.3, 0.4) is 0 Å². The van der Waals surface area contributed by atoms with Gasteiger partial charge in [0.25, 0.3) is 5.91 Å². The van der Waals surface area contributed by atoms with Crippen LogP contribution in [0.5, 0.6) is 0 Å². The van der Waals surface area contributed by atoms with Crippen molar-refractivity contribution in [2.45, 2.75) is 31.9 Å². The number of hydrogen-bond donors (Lipinski definition) is 1. The average Bonchev–Trinajstić information content (AvgIpc) is 2.79. The van der Waals surface area contributed by atoms with Gasteiger partial charge in [-0.05, 0) is 31.4 Å². The summed E-state index contributed by atoms with van der Waals surface area (Å²) < 4.78 is 5.60. The highest BCUT2D eigenvalue weighted by molar-refractivity contribution is 5.97. The molecule has 2 aliphatic rings. The summed E-state index contributed by atoms with van der Waals surface area (Å²) in [5, 5.41) is 2.84. The SMILES string of the molecule is CC1(C(=O)N2CC(=O)Nc3ccccc3C2)CCCO1. The first-order valence-electron chi connectivity index (χ1n) is 6.90. The highest BCUT2D eigenvalue weighted by Crippen LogP contribution is 2.29. The van der Waals surface area contributed by atoms with Crippen LogP contribution < -0.4 is 5.32 Å². The summed E-state index contributed by atoms with van der Waals surface area (Å²) in [6.07, 6.45) is 1.60. The minimum Gasteiger partial charge on any atom is -0.365 e. The van der Waals surface area contributed by atoms with Crippen LogP contribution in [0.4, 0.5) is 5.69 Å². The molecule has 0 aliphatic carbocycles. The third kappa shape index (κ3) is 2.29. The van der Waals surface area contributed by atoms with E-state index in [0.29, 0.717) is 19.6 Å². The van der Waals surface area contributed by atoms with Crippen LogP contribution in [-0.2, 0) is 20.9 Å². The van der Waals surface area contributed by atoms with E-state index in [1.807, 2.05) is 31.2 Å². The lowest BCUT2D eigenvalue weighted by molar-refractivity contribution is -0.152. The van der Waals surface area contributed by atoms with Crippen molar-refractivity contribution >= 4 is 17.5 Å². The van der Waals surface area contributed by atoms with Gasteiger partial charge in [0, 0.05) is 18.8 Å². The van der Waals surface area contributed by atoms with Gasteiger partial charge in [0.05, 0.1) is 0 Å². The Balaban J connectivity index is 1.87. The van der Waals surface area contributed by atoms with Crippen molar-refractivity contribution < 1.29 is 14.3 Å². The monoisotopic (exact) mass is 274 g/mol. The van der Waals surface area contributed by atoms with Gasteiger partial charge in [0.1, 0.15) is 12.1 Å². The van der Waals surface area contributed by atoms with Crippen molar-refractivity contribution in [1.82, 2.24) is 4.90 Å². The number of benzene rings is 1. The summed E-state index contributed by atoms with van der Waals surface area (Å²) in [5.41, 5.74) is 0.957. The number of nitrogens with one attached hydrogen (secondary N) is 1. The predicted molar refractivity (Wildman–Crippen MR) is 74.1 cm³/mol. The Bertz CT molecular complexity index is 550. The molecule has 1 fully saturated rings. The first-order valence-corrected chi connectivity index (χ1v) is 6.90. The molecular formula is C15H18N2O3. The molecule has 5 nitrogen and oxygen atoms in total. The summed E-state index contributed by atoms with van der Waals surface area (Å²) >= 11 is 0.